The van der Waals surface area contributed by atoms with E-state index < -0.39 is 0 Å². The molecule has 1 fully saturated rings. The predicted molar refractivity (Wildman–Crippen MR) is 84.5 cm³/mol. The summed E-state index contributed by atoms with van der Waals surface area (Å²) < 4.78 is 4.99. The minimum absolute atomic E-state index is 0.260. The molecule has 8 heteroatoms. The van der Waals surface area contributed by atoms with Crippen LogP contribution in [0.1, 0.15) is 6.92 Å². The van der Waals surface area contributed by atoms with Crippen molar-refractivity contribution in [1.29, 1.82) is 0 Å². The lowest BCUT2D eigenvalue weighted by Gasteiger charge is -2.34. The number of nitrogens with zero attached hydrogens (tertiary/aromatic N) is 4. The van der Waals surface area contributed by atoms with E-state index in [-0.39, 0.29) is 11.7 Å². The minimum Gasteiger partial charge on any atom is -0.450 e. The smallest absolute Gasteiger partial charge is 0.409 e. The molecule has 3 rings (SSSR count). The van der Waals surface area contributed by atoms with Crippen molar-refractivity contribution in [3.8, 4) is 0 Å². The average Bonchev–Trinajstić information content (AvgIpc) is 2.55. The molecule has 0 bridgehead atoms. The molecule has 2 aromatic rings. The van der Waals surface area contributed by atoms with Crippen molar-refractivity contribution in [3.63, 3.8) is 0 Å². The maximum Gasteiger partial charge on any atom is 0.409 e. The molecule has 0 atom stereocenters. The first-order chi connectivity index (χ1) is 10.7. The van der Waals surface area contributed by atoms with Gasteiger partial charge in [0.1, 0.15) is 4.83 Å². The highest BCUT2D eigenvalue weighted by molar-refractivity contribution is 7.21. The molecule has 22 heavy (non-hydrogen) atoms. The first-order valence-corrected chi connectivity index (χ1v) is 7.93. The highest BCUT2D eigenvalue weighted by Crippen LogP contribution is 2.23. The standard InChI is InChI=1S/C14H16N4O3S/c1-2-21-14(20)18-8-6-17(7-9-18)13-16-11(19)10-4-3-5-15-12(10)22-13/h3-5H,2,6-9H2,1H3. The number of rotatable bonds is 2. The number of hydrogen-bond donors (Lipinski definition) is 0. The van der Waals surface area contributed by atoms with E-state index in [1.807, 2.05) is 4.90 Å². The molecule has 0 N–H and O–H groups in total. The normalized spacial score (nSPS) is 15.1. The SMILES string of the molecule is CCOC(=O)N1CCN(c2nc(=O)c3cccnc3s2)CC1. The molecule has 1 aliphatic rings. The fourth-order valence-corrected chi connectivity index (χ4v) is 3.31. The summed E-state index contributed by atoms with van der Waals surface area (Å²) in [5.74, 6) is 0. The first-order valence-electron chi connectivity index (χ1n) is 7.11. The number of piperazine rings is 1. The lowest BCUT2D eigenvalue weighted by molar-refractivity contribution is 0.105. The van der Waals surface area contributed by atoms with E-state index in [0.717, 1.165) is 0 Å². The Morgan fingerprint density at radius 2 is 2.14 bits per heavy atom. The zero-order valence-corrected chi connectivity index (χ0v) is 13.0. The highest BCUT2D eigenvalue weighted by atomic mass is 32.1. The van der Waals surface area contributed by atoms with Gasteiger partial charge >= 0.3 is 6.09 Å². The van der Waals surface area contributed by atoms with Gasteiger partial charge in [0, 0.05) is 32.4 Å². The van der Waals surface area contributed by atoms with Gasteiger partial charge in [-0.05, 0) is 19.1 Å². The molecule has 7 nitrogen and oxygen atoms in total. The van der Waals surface area contributed by atoms with E-state index in [0.29, 0.717) is 48.1 Å². The van der Waals surface area contributed by atoms with Crippen LogP contribution in [0.25, 0.3) is 10.2 Å². The molecule has 2 aromatic heterocycles. The van der Waals surface area contributed by atoms with E-state index in [1.54, 1.807) is 30.2 Å². The van der Waals surface area contributed by atoms with E-state index in [4.69, 9.17) is 4.74 Å². The van der Waals surface area contributed by atoms with E-state index >= 15 is 0 Å². The third-order valence-electron chi connectivity index (χ3n) is 3.46. The second kappa shape index (κ2) is 6.27. The first kappa shape index (κ1) is 14.7. The van der Waals surface area contributed by atoms with Crippen molar-refractivity contribution < 1.29 is 9.53 Å². The Balaban J connectivity index is 1.76. The predicted octanol–water partition coefficient (Wildman–Crippen LogP) is 1.33. The average molecular weight is 320 g/mol. The van der Waals surface area contributed by atoms with Crippen LogP contribution in [0.15, 0.2) is 23.1 Å². The Morgan fingerprint density at radius 1 is 1.36 bits per heavy atom. The summed E-state index contributed by atoms with van der Waals surface area (Å²) in [6.45, 7) is 4.53. The van der Waals surface area contributed by atoms with Gasteiger partial charge in [-0.15, -0.1) is 0 Å². The van der Waals surface area contributed by atoms with Gasteiger partial charge in [0.05, 0.1) is 12.0 Å². The van der Waals surface area contributed by atoms with Gasteiger partial charge < -0.3 is 14.5 Å². The van der Waals surface area contributed by atoms with E-state index in [2.05, 4.69) is 9.97 Å². The molecule has 0 saturated carbocycles. The Morgan fingerprint density at radius 3 is 2.86 bits per heavy atom. The van der Waals surface area contributed by atoms with Crippen molar-refractivity contribution in [2.75, 3.05) is 37.7 Å². The summed E-state index contributed by atoms with van der Waals surface area (Å²) in [4.78, 5) is 36.5. The number of fused-ring (bicyclic) bond motifs is 1. The topological polar surface area (TPSA) is 75.6 Å². The number of ether oxygens (including phenoxy) is 1. The van der Waals surface area contributed by atoms with Crippen LogP contribution in [0.5, 0.6) is 0 Å². The molecule has 0 radical (unpaired) electrons. The van der Waals surface area contributed by atoms with Crippen LogP contribution in [0.3, 0.4) is 0 Å². The molecule has 116 valence electrons. The molecule has 0 aliphatic carbocycles. The van der Waals surface area contributed by atoms with Gasteiger partial charge in [-0.25, -0.2) is 9.78 Å². The molecule has 0 unspecified atom stereocenters. The molecule has 3 heterocycles. The summed E-state index contributed by atoms with van der Waals surface area (Å²) in [7, 11) is 0. The van der Waals surface area contributed by atoms with Crippen molar-refractivity contribution in [2.45, 2.75) is 6.92 Å². The largest absolute Gasteiger partial charge is 0.450 e. The van der Waals surface area contributed by atoms with Crippen LogP contribution >= 0.6 is 11.3 Å². The van der Waals surface area contributed by atoms with Gasteiger partial charge in [-0.3, -0.25) is 4.79 Å². The number of pyridine rings is 1. The van der Waals surface area contributed by atoms with Crippen LogP contribution in [0.2, 0.25) is 0 Å². The molecular formula is C14H16N4O3S. The third-order valence-corrected chi connectivity index (χ3v) is 4.51. The molecule has 1 amide bonds. The van der Waals surface area contributed by atoms with Crippen molar-refractivity contribution >= 4 is 32.8 Å². The summed E-state index contributed by atoms with van der Waals surface area (Å²) in [5, 5.41) is 1.20. The summed E-state index contributed by atoms with van der Waals surface area (Å²) in [6.07, 6.45) is 1.38. The second-order valence-corrected chi connectivity index (χ2v) is 5.79. The van der Waals surface area contributed by atoms with Crippen molar-refractivity contribution in [2.24, 2.45) is 0 Å². The van der Waals surface area contributed by atoms with Crippen LogP contribution in [0, 0.1) is 0 Å². The molecule has 1 saturated heterocycles. The fraction of sp³-hybridized carbons (Fsp3) is 0.429. The quantitative estimate of drug-likeness (QED) is 0.831. The van der Waals surface area contributed by atoms with E-state index in [9.17, 15) is 9.59 Å². The maximum atomic E-state index is 12.0. The fourth-order valence-electron chi connectivity index (χ4n) is 2.32. The minimum atomic E-state index is -0.288. The van der Waals surface area contributed by atoms with Crippen LogP contribution < -0.4 is 10.5 Å². The number of carbonyl (C=O) groups excluding carboxylic acids is 1. The summed E-state index contributed by atoms with van der Waals surface area (Å²) >= 11 is 1.40. The van der Waals surface area contributed by atoms with Crippen LogP contribution in [-0.2, 0) is 4.74 Å². The molecule has 0 aromatic carbocycles. The van der Waals surface area contributed by atoms with Crippen LogP contribution in [-0.4, -0.2) is 53.7 Å². The van der Waals surface area contributed by atoms with Gasteiger partial charge in [0.15, 0.2) is 5.13 Å². The third kappa shape index (κ3) is 2.87. The lowest BCUT2D eigenvalue weighted by Crippen LogP contribution is -2.49. The molecule has 0 spiro atoms. The van der Waals surface area contributed by atoms with Crippen molar-refractivity contribution in [3.05, 3.63) is 28.7 Å². The van der Waals surface area contributed by atoms with Gasteiger partial charge in [-0.1, -0.05) is 11.3 Å². The summed E-state index contributed by atoms with van der Waals surface area (Å²) in [6, 6.07) is 3.46. The monoisotopic (exact) mass is 320 g/mol. The number of hydrogen-bond acceptors (Lipinski definition) is 7. The Kier molecular flexibility index (Phi) is 4.19. The number of aromatic nitrogens is 2. The van der Waals surface area contributed by atoms with Crippen molar-refractivity contribution in [1.82, 2.24) is 14.9 Å². The Hall–Kier alpha value is -2.22. The van der Waals surface area contributed by atoms with Crippen LogP contribution in [0.4, 0.5) is 9.93 Å². The van der Waals surface area contributed by atoms with Gasteiger partial charge in [0.2, 0.25) is 0 Å². The lowest BCUT2D eigenvalue weighted by atomic mass is 10.3. The Labute approximate surface area is 131 Å². The highest BCUT2D eigenvalue weighted by Gasteiger charge is 2.23. The number of amides is 1. The van der Waals surface area contributed by atoms with Gasteiger partial charge in [-0.2, -0.15) is 4.98 Å². The molecule has 1 aliphatic heterocycles. The second-order valence-electron chi connectivity index (χ2n) is 4.83. The maximum absolute atomic E-state index is 12.0. The van der Waals surface area contributed by atoms with Gasteiger partial charge in [0.25, 0.3) is 5.56 Å². The van der Waals surface area contributed by atoms with E-state index in [1.165, 1.54) is 11.3 Å². The zero-order valence-electron chi connectivity index (χ0n) is 12.2. The Bertz CT molecular complexity index is 740. The summed E-state index contributed by atoms with van der Waals surface area (Å²) in [5.41, 5.74) is -0.260. The number of anilines is 1. The zero-order chi connectivity index (χ0) is 15.5. The molecular weight excluding hydrogens is 304 g/mol. The number of carbonyl (C=O) groups is 1.